The molecule has 1 rings (SSSR count). The fourth-order valence-corrected chi connectivity index (χ4v) is 2.37. The van der Waals surface area contributed by atoms with Crippen LogP contribution in [0.25, 0.3) is 0 Å². The molecule has 17 heavy (non-hydrogen) atoms. The number of halogens is 1. The van der Waals surface area contributed by atoms with Crippen molar-refractivity contribution in [2.75, 3.05) is 6.61 Å². The number of ether oxygens (including phenoxy) is 2. The Hall–Kier alpha value is -0.260. The number of carbonyl (C=O) groups is 1. The van der Waals surface area contributed by atoms with Gasteiger partial charge < -0.3 is 9.47 Å². The Bertz CT molecular complexity index is 332. The van der Waals surface area contributed by atoms with Crippen molar-refractivity contribution in [1.82, 2.24) is 0 Å². The summed E-state index contributed by atoms with van der Waals surface area (Å²) in [4.78, 5) is 11.9. The van der Waals surface area contributed by atoms with Gasteiger partial charge in [0.05, 0.1) is 16.1 Å². The van der Waals surface area contributed by atoms with Gasteiger partial charge in [0, 0.05) is 5.92 Å². The van der Waals surface area contributed by atoms with Crippen molar-refractivity contribution in [3.05, 3.63) is 11.3 Å². The molecule has 0 radical (unpaired) electrons. The summed E-state index contributed by atoms with van der Waals surface area (Å²) >= 11 is 2.34. The highest BCUT2D eigenvalue weighted by Crippen LogP contribution is 2.39. The molecular formula is C13H21IO3. The SMILES string of the molecule is CCOC(=O)C1=C(C(C)C)OC(C)(C)C(I)C1. The summed E-state index contributed by atoms with van der Waals surface area (Å²) in [6.07, 6.45) is 0.722. The fourth-order valence-electron chi connectivity index (χ4n) is 1.80. The predicted octanol–water partition coefficient (Wildman–Crippen LogP) is 3.46. The Kier molecular flexibility index (Phi) is 4.86. The minimum absolute atomic E-state index is 0.206. The summed E-state index contributed by atoms with van der Waals surface area (Å²) in [7, 11) is 0. The molecule has 0 bridgehead atoms. The van der Waals surface area contributed by atoms with Crippen LogP contribution in [-0.2, 0) is 14.3 Å². The van der Waals surface area contributed by atoms with Crippen molar-refractivity contribution in [1.29, 1.82) is 0 Å². The lowest BCUT2D eigenvalue weighted by atomic mass is 9.91. The molecule has 1 aliphatic heterocycles. The number of allylic oxidation sites excluding steroid dienone is 1. The molecule has 0 saturated heterocycles. The van der Waals surface area contributed by atoms with Gasteiger partial charge in [-0.05, 0) is 27.2 Å². The van der Waals surface area contributed by atoms with Crippen molar-refractivity contribution in [2.24, 2.45) is 5.92 Å². The van der Waals surface area contributed by atoms with E-state index in [2.05, 4.69) is 36.4 Å². The Labute approximate surface area is 117 Å². The zero-order valence-electron chi connectivity index (χ0n) is 11.2. The molecule has 1 aliphatic rings. The van der Waals surface area contributed by atoms with Crippen LogP contribution in [-0.4, -0.2) is 22.1 Å². The van der Waals surface area contributed by atoms with Gasteiger partial charge in [-0.15, -0.1) is 0 Å². The molecule has 1 atom stereocenters. The van der Waals surface area contributed by atoms with Gasteiger partial charge in [-0.2, -0.15) is 0 Å². The molecule has 0 spiro atoms. The standard InChI is InChI=1S/C13H21IO3/c1-6-16-12(15)9-7-10(14)13(4,5)17-11(9)8(2)3/h8,10H,6-7H2,1-5H3. The normalized spacial score (nSPS) is 23.6. The summed E-state index contributed by atoms with van der Waals surface area (Å²) in [5, 5.41) is 0. The minimum Gasteiger partial charge on any atom is -0.490 e. The van der Waals surface area contributed by atoms with Gasteiger partial charge in [0.2, 0.25) is 0 Å². The highest BCUT2D eigenvalue weighted by atomic mass is 127. The number of carbonyl (C=O) groups excluding carboxylic acids is 1. The predicted molar refractivity (Wildman–Crippen MR) is 76.1 cm³/mol. The van der Waals surface area contributed by atoms with E-state index in [1.165, 1.54) is 0 Å². The van der Waals surface area contributed by atoms with E-state index < -0.39 is 0 Å². The van der Waals surface area contributed by atoms with E-state index in [0.717, 1.165) is 12.2 Å². The zero-order valence-corrected chi connectivity index (χ0v) is 13.3. The van der Waals surface area contributed by atoms with Crippen LogP contribution in [0.1, 0.15) is 41.0 Å². The molecule has 0 aromatic rings. The third-order valence-electron chi connectivity index (χ3n) is 2.85. The molecule has 4 heteroatoms. The summed E-state index contributed by atoms with van der Waals surface area (Å²) in [5.41, 5.74) is 0.483. The van der Waals surface area contributed by atoms with Gasteiger partial charge in [-0.25, -0.2) is 4.79 Å². The van der Waals surface area contributed by atoms with E-state index in [1.54, 1.807) is 0 Å². The number of hydrogen-bond donors (Lipinski definition) is 0. The first-order chi connectivity index (χ1) is 7.79. The lowest BCUT2D eigenvalue weighted by Gasteiger charge is -2.39. The van der Waals surface area contributed by atoms with Crippen LogP contribution in [0.2, 0.25) is 0 Å². The maximum atomic E-state index is 11.9. The fraction of sp³-hybridized carbons (Fsp3) is 0.769. The van der Waals surface area contributed by atoms with Crippen molar-refractivity contribution < 1.29 is 14.3 Å². The van der Waals surface area contributed by atoms with Crippen LogP contribution in [0.3, 0.4) is 0 Å². The smallest absolute Gasteiger partial charge is 0.337 e. The Balaban J connectivity index is 3.07. The lowest BCUT2D eigenvalue weighted by Crippen LogP contribution is -2.41. The van der Waals surface area contributed by atoms with Crippen molar-refractivity contribution >= 4 is 28.6 Å². The second kappa shape index (κ2) is 5.59. The Morgan fingerprint density at radius 2 is 2.18 bits per heavy atom. The molecule has 0 aromatic carbocycles. The average Bonchev–Trinajstić information content (AvgIpc) is 2.21. The molecule has 3 nitrogen and oxygen atoms in total. The van der Waals surface area contributed by atoms with Gasteiger partial charge in [0.15, 0.2) is 0 Å². The molecule has 0 aromatic heterocycles. The summed E-state index contributed by atoms with van der Waals surface area (Å²) < 4.78 is 11.4. The third-order valence-corrected chi connectivity index (χ3v) is 4.79. The number of alkyl halides is 1. The maximum Gasteiger partial charge on any atom is 0.337 e. The second-order valence-corrected chi connectivity index (χ2v) is 6.60. The largest absolute Gasteiger partial charge is 0.490 e. The van der Waals surface area contributed by atoms with Gasteiger partial charge in [0.1, 0.15) is 11.4 Å². The van der Waals surface area contributed by atoms with E-state index in [4.69, 9.17) is 9.47 Å². The molecule has 0 amide bonds. The quantitative estimate of drug-likeness (QED) is 0.443. The van der Waals surface area contributed by atoms with Crippen LogP contribution in [0.15, 0.2) is 11.3 Å². The van der Waals surface area contributed by atoms with E-state index >= 15 is 0 Å². The number of hydrogen-bond acceptors (Lipinski definition) is 3. The van der Waals surface area contributed by atoms with Crippen LogP contribution >= 0.6 is 22.6 Å². The van der Waals surface area contributed by atoms with E-state index in [1.807, 2.05) is 20.8 Å². The first kappa shape index (κ1) is 14.8. The molecule has 0 fully saturated rings. The van der Waals surface area contributed by atoms with Crippen LogP contribution < -0.4 is 0 Å². The Morgan fingerprint density at radius 1 is 1.59 bits per heavy atom. The number of rotatable bonds is 3. The highest BCUT2D eigenvalue weighted by molar-refractivity contribution is 14.1. The van der Waals surface area contributed by atoms with Crippen molar-refractivity contribution in [2.45, 2.75) is 50.6 Å². The first-order valence-electron chi connectivity index (χ1n) is 6.02. The van der Waals surface area contributed by atoms with Gasteiger partial charge in [-0.3, -0.25) is 0 Å². The first-order valence-corrected chi connectivity index (χ1v) is 7.27. The zero-order chi connectivity index (χ0) is 13.2. The lowest BCUT2D eigenvalue weighted by molar-refractivity contribution is -0.139. The van der Waals surface area contributed by atoms with Gasteiger partial charge >= 0.3 is 5.97 Å². The van der Waals surface area contributed by atoms with Crippen LogP contribution in [0, 0.1) is 5.92 Å². The molecule has 0 saturated carbocycles. The minimum atomic E-state index is -0.228. The summed E-state index contributed by atoms with van der Waals surface area (Å²) in [5.74, 6) is 0.771. The van der Waals surface area contributed by atoms with Crippen molar-refractivity contribution in [3.8, 4) is 0 Å². The molecular weight excluding hydrogens is 331 g/mol. The molecule has 98 valence electrons. The summed E-state index contributed by atoms with van der Waals surface area (Å²) in [6.45, 7) is 10.4. The molecule has 1 unspecified atom stereocenters. The molecule has 1 heterocycles. The van der Waals surface area contributed by atoms with Gasteiger partial charge in [0.25, 0.3) is 0 Å². The topological polar surface area (TPSA) is 35.5 Å². The average molecular weight is 352 g/mol. The van der Waals surface area contributed by atoms with E-state index in [-0.39, 0.29) is 21.4 Å². The van der Waals surface area contributed by atoms with Crippen LogP contribution in [0.5, 0.6) is 0 Å². The maximum absolute atomic E-state index is 11.9. The second-order valence-electron chi connectivity index (χ2n) is 5.10. The molecule has 0 N–H and O–H groups in total. The third kappa shape index (κ3) is 3.36. The highest BCUT2D eigenvalue weighted by Gasteiger charge is 2.39. The summed E-state index contributed by atoms with van der Waals surface area (Å²) in [6, 6.07) is 0. The Morgan fingerprint density at radius 3 is 2.65 bits per heavy atom. The van der Waals surface area contributed by atoms with Crippen molar-refractivity contribution in [3.63, 3.8) is 0 Å². The number of esters is 1. The van der Waals surface area contributed by atoms with E-state index in [9.17, 15) is 4.79 Å². The van der Waals surface area contributed by atoms with Crippen LogP contribution in [0.4, 0.5) is 0 Å². The van der Waals surface area contributed by atoms with E-state index in [0.29, 0.717) is 12.2 Å². The molecule has 0 aliphatic carbocycles. The van der Waals surface area contributed by atoms with Gasteiger partial charge in [-0.1, -0.05) is 36.4 Å². The monoisotopic (exact) mass is 352 g/mol.